The predicted octanol–water partition coefficient (Wildman–Crippen LogP) is 1.63. The summed E-state index contributed by atoms with van der Waals surface area (Å²) in [6.45, 7) is 4.75. The van der Waals surface area contributed by atoms with E-state index in [1.54, 1.807) is 20.5 Å². The molecule has 1 heterocycles. The highest BCUT2D eigenvalue weighted by Gasteiger charge is 2.06. The third kappa shape index (κ3) is 3.75. The fourth-order valence-electron chi connectivity index (χ4n) is 1.24. The van der Waals surface area contributed by atoms with Crippen LogP contribution in [0.2, 0.25) is 0 Å². The minimum absolute atomic E-state index is 0.266. The van der Waals surface area contributed by atoms with E-state index in [1.165, 1.54) is 0 Å². The van der Waals surface area contributed by atoms with Crippen molar-refractivity contribution in [3.8, 4) is 0 Å². The zero-order chi connectivity index (χ0) is 12.0. The van der Waals surface area contributed by atoms with Crippen molar-refractivity contribution in [2.45, 2.75) is 26.1 Å². The summed E-state index contributed by atoms with van der Waals surface area (Å²) < 4.78 is 10.1. The molecule has 0 aliphatic rings. The molecule has 0 spiro atoms. The first-order chi connectivity index (χ1) is 7.67. The summed E-state index contributed by atoms with van der Waals surface area (Å²) >= 11 is 0. The Labute approximate surface area is 96.2 Å². The highest BCUT2D eigenvalue weighted by atomic mass is 16.7. The van der Waals surface area contributed by atoms with Crippen LogP contribution in [0.25, 0.3) is 0 Å². The van der Waals surface area contributed by atoms with Gasteiger partial charge in [-0.25, -0.2) is 9.97 Å². The Balaban J connectivity index is 2.56. The summed E-state index contributed by atoms with van der Waals surface area (Å²) in [6, 6.07) is 1.94. The molecule has 0 unspecified atom stereocenters. The van der Waals surface area contributed by atoms with Crippen LogP contribution in [0.15, 0.2) is 12.4 Å². The summed E-state index contributed by atoms with van der Waals surface area (Å²) in [4.78, 5) is 8.32. The Kier molecular flexibility index (Phi) is 5.14. The Morgan fingerprint density at radius 2 is 1.94 bits per heavy atom. The summed E-state index contributed by atoms with van der Waals surface area (Å²) in [7, 11) is 3.21. The molecule has 90 valence electrons. The summed E-state index contributed by atoms with van der Waals surface area (Å²) in [5.41, 5.74) is 1.02. The minimum Gasteiger partial charge on any atom is -0.365 e. The van der Waals surface area contributed by atoms with E-state index in [4.69, 9.17) is 9.47 Å². The molecule has 0 atom stereocenters. The van der Waals surface area contributed by atoms with Gasteiger partial charge in [0.05, 0.1) is 6.54 Å². The van der Waals surface area contributed by atoms with Crippen LogP contribution >= 0.6 is 0 Å². The molecule has 0 aliphatic heterocycles. The van der Waals surface area contributed by atoms with Crippen LogP contribution in [0, 0.1) is 0 Å². The second kappa shape index (κ2) is 6.40. The molecule has 1 rings (SSSR count). The zero-order valence-electron chi connectivity index (χ0n) is 10.2. The first-order valence-electron chi connectivity index (χ1n) is 5.28. The van der Waals surface area contributed by atoms with Crippen LogP contribution in [0.1, 0.15) is 25.5 Å². The lowest BCUT2D eigenvalue weighted by Crippen LogP contribution is -2.24. The molecule has 5 nitrogen and oxygen atoms in total. The maximum absolute atomic E-state index is 5.07. The quantitative estimate of drug-likeness (QED) is 0.746. The third-order valence-electron chi connectivity index (χ3n) is 2.26. The lowest BCUT2D eigenvalue weighted by atomic mass is 10.1. The van der Waals surface area contributed by atoms with Gasteiger partial charge in [-0.15, -0.1) is 0 Å². The van der Waals surface area contributed by atoms with E-state index in [0.29, 0.717) is 12.5 Å². The number of nitrogens with zero attached hydrogens (tertiary/aromatic N) is 2. The van der Waals surface area contributed by atoms with Gasteiger partial charge in [-0.3, -0.25) is 0 Å². The van der Waals surface area contributed by atoms with E-state index in [2.05, 4.69) is 29.1 Å². The Morgan fingerprint density at radius 3 is 2.50 bits per heavy atom. The summed E-state index contributed by atoms with van der Waals surface area (Å²) in [5, 5.41) is 3.14. The second-order valence-electron chi connectivity index (χ2n) is 3.76. The van der Waals surface area contributed by atoms with E-state index < -0.39 is 0 Å². The summed E-state index contributed by atoms with van der Waals surface area (Å²) in [5.74, 6) is 1.18. The van der Waals surface area contributed by atoms with Gasteiger partial charge in [0.25, 0.3) is 0 Å². The fraction of sp³-hybridized carbons (Fsp3) is 0.636. The number of anilines is 1. The predicted molar refractivity (Wildman–Crippen MR) is 62.4 cm³/mol. The number of rotatable bonds is 6. The van der Waals surface area contributed by atoms with Crippen molar-refractivity contribution in [1.29, 1.82) is 0 Å². The highest BCUT2D eigenvalue weighted by molar-refractivity contribution is 5.35. The third-order valence-corrected chi connectivity index (χ3v) is 2.26. The van der Waals surface area contributed by atoms with Gasteiger partial charge in [-0.05, 0) is 5.92 Å². The molecular formula is C11H19N3O2. The van der Waals surface area contributed by atoms with Gasteiger partial charge in [-0.1, -0.05) is 13.8 Å². The average Bonchev–Trinajstić information content (AvgIpc) is 2.31. The Morgan fingerprint density at radius 1 is 1.25 bits per heavy atom. The number of methoxy groups -OCH3 is 2. The number of ether oxygens (including phenoxy) is 2. The van der Waals surface area contributed by atoms with E-state index in [9.17, 15) is 0 Å². The van der Waals surface area contributed by atoms with E-state index in [0.717, 1.165) is 11.5 Å². The molecule has 0 fully saturated rings. The number of nitrogens with one attached hydrogen (secondary N) is 1. The maximum Gasteiger partial charge on any atom is 0.173 e. The van der Waals surface area contributed by atoms with Crippen molar-refractivity contribution >= 4 is 5.82 Å². The fourth-order valence-corrected chi connectivity index (χ4v) is 1.24. The molecule has 0 radical (unpaired) electrons. The normalized spacial score (nSPS) is 11.1. The van der Waals surface area contributed by atoms with Crippen molar-refractivity contribution in [3.63, 3.8) is 0 Å². The molecule has 1 N–H and O–H groups in total. The van der Waals surface area contributed by atoms with Crippen LogP contribution in [-0.4, -0.2) is 37.0 Å². The number of aromatic nitrogens is 2. The van der Waals surface area contributed by atoms with E-state index in [1.807, 2.05) is 6.07 Å². The molecule has 0 aromatic carbocycles. The summed E-state index contributed by atoms with van der Waals surface area (Å²) in [6.07, 6.45) is 1.30. The van der Waals surface area contributed by atoms with Crippen molar-refractivity contribution in [2.75, 3.05) is 26.1 Å². The monoisotopic (exact) mass is 225 g/mol. The largest absolute Gasteiger partial charge is 0.365 e. The maximum atomic E-state index is 5.07. The van der Waals surface area contributed by atoms with Crippen LogP contribution in [-0.2, 0) is 9.47 Å². The lowest BCUT2D eigenvalue weighted by Gasteiger charge is -2.14. The molecular weight excluding hydrogens is 206 g/mol. The van der Waals surface area contributed by atoms with Crippen LogP contribution < -0.4 is 5.32 Å². The van der Waals surface area contributed by atoms with Crippen molar-refractivity contribution in [2.24, 2.45) is 0 Å². The molecule has 0 saturated heterocycles. The van der Waals surface area contributed by atoms with E-state index >= 15 is 0 Å². The van der Waals surface area contributed by atoms with Crippen molar-refractivity contribution < 1.29 is 9.47 Å². The zero-order valence-corrected chi connectivity index (χ0v) is 10.2. The molecule has 0 saturated carbocycles. The van der Waals surface area contributed by atoms with Gasteiger partial charge in [-0.2, -0.15) is 0 Å². The second-order valence-corrected chi connectivity index (χ2v) is 3.76. The topological polar surface area (TPSA) is 56.3 Å². The Hall–Kier alpha value is -1.20. The molecule has 5 heteroatoms. The van der Waals surface area contributed by atoms with Gasteiger partial charge >= 0.3 is 0 Å². The van der Waals surface area contributed by atoms with Crippen molar-refractivity contribution in [1.82, 2.24) is 9.97 Å². The van der Waals surface area contributed by atoms with E-state index in [-0.39, 0.29) is 6.29 Å². The molecule has 0 amide bonds. The van der Waals surface area contributed by atoms with Gasteiger partial charge < -0.3 is 14.8 Å². The van der Waals surface area contributed by atoms with Gasteiger partial charge in [0.2, 0.25) is 0 Å². The first-order valence-corrected chi connectivity index (χ1v) is 5.28. The molecule has 16 heavy (non-hydrogen) atoms. The van der Waals surface area contributed by atoms with Crippen LogP contribution in [0.4, 0.5) is 5.82 Å². The average molecular weight is 225 g/mol. The smallest absolute Gasteiger partial charge is 0.173 e. The standard InChI is InChI=1S/C11H19N3O2/c1-8(2)9-5-10(14-7-13-9)12-6-11(15-3)16-4/h5,7-8,11H,6H2,1-4H3,(H,12,13,14). The minimum atomic E-state index is -0.266. The molecule has 0 aliphatic carbocycles. The van der Waals surface area contributed by atoms with Crippen molar-refractivity contribution in [3.05, 3.63) is 18.1 Å². The Bertz CT molecular complexity index is 314. The SMILES string of the molecule is COC(CNc1cc(C(C)C)ncn1)OC. The molecule has 1 aromatic heterocycles. The first kappa shape index (κ1) is 12.9. The highest BCUT2D eigenvalue weighted by Crippen LogP contribution is 2.13. The lowest BCUT2D eigenvalue weighted by molar-refractivity contribution is -0.0914. The van der Waals surface area contributed by atoms with Crippen LogP contribution in [0.3, 0.4) is 0 Å². The van der Waals surface area contributed by atoms with Crippen LogP contribution in [0.5, 0.6) is 0 Å². The van der Waals surface area contributed by atoms with Gasteiger partial charge in [0.15, 0.2) is 6.29 Å². The number of hydrogen-bond donors (Lipinski definition) is 1. The van der Waals surface area contributed by atoms with Gasteiger partial charge in [0.1, 0.15) is 12.1 Å². The van der Waals surface area contributed by atoms with Gasteiger partial charge in [0, 0.05) is 26.0 Å². The molecule has 0 bridgehead atoms. The molecule has 1 aromatic rings. The number of hydrogen-bond acceptors (Lipinski definition) is 5.